The lowest BCUT2D eigenvalue weighted by molar-refractivity contribution is 0.216. The summed E-state index contributed by atoms with van der Waals surface area (Å²) >= 11 is 0. The van der Waals surface area contributed by atoms with Crippen LogP contribution in [0.25, 0.3) is 10.9 Å². The first kappa shape index (κ1) is 13.7. The topological polar surface area (TPSA) is 31.1 Å². The first-order chi connectivity index (χ1) is 9.72. The molecule has 3 nitrogen and oxygen atoms in total. The molecule has 0 spiro atoms. The van der Waals surface area contributed by atoms with E-state index in [1.165, 1.54) is 48.1 Å². The minimum absolute atomic E-state index is 0.846. The maximum Gasteiger partial charge on any atom is 0.0459 e. The van der Waals surface area contributed by atoms with Gasteiger partial charge in [0.2, 0.25) is 0 Å². The fraction of sp³-hybridized carbons (Fsp3) is 0.529. The number of H-pyrrole nitrogens is 1. The molecule has 20 heavy (non-hydrogen) atoms. The van der Waals surface area contributed by atoms with Gasteiger partial charge in [-0.05, 0) is 70.1 Å². The molecule has 0 bridgehead atoms. The molecule has 1 aromatic carbocycles. The predicted molar refractivity (Wildman–Crippen MR) is 85.0 cm³/mol. The van der Waals surface area contributed by atoms with Crippen LogP contribution in [0.2, 0.25) is 0 Å². The van der Waals surface area contributed by atoms with Crippen LogP contribution in [0.5, 0.6) is 0 Å². The molecule has 1 aliphatic rings. The Balaban J connectivity index is 1.57. The van der Waals surface area contributed by atoms with E-state index in [0.717, 1.165) is 19.0 Å². The largest absolute Gasteiger partial charge is 0.359 e. The summed E-state index contributed by atoms with van der Waals surface area (Å²) in [6, 6.07) is 8.78. The summed E-state index contributed by atoms with van der Waals surface area (Å²) in [7, 11) is 2.22. The maximum absolute atomic E-state index is 3.66. The van der Waals surface area contributed by atoms with Gasteiger partial charge in [-0.25, -0.2) is 0 Å². The van der Waals surface area contributed by atoms with Crippen molar-refractivity contribution in [2.75, 3.05) is 26.7 Å². The van der Waals surface area contributed by atoms with Gasteiger partial charge in [-0.2, -0.15) is 0 Å². The molecule has 1 saturated heterocycles. The monoisotopic (exact) mass is 271 g/mol. The van der Waals surface area contributed by atoms with Gasteiger partial charge in [0, 0.05) is 23.1 Å². The van der Waals surface area contributed by atoms with Crippen molar-refractivity contribution in [1.29, 1.82) is 0 Å². The van der Waals surface area contributed by atoms with Crippen LogP contribution in [0.1, 0.15) is 24.1 Å². The lowest BCUT2D eigenvalue weighted by atomic mass is 9.97. The second-order valence-electron chi connectivity index (χ2n) is 6.21. The number of rotatable bonds is 4. The molecule has 1 fully saturated rings. The van der Waals surface area contributed by atoms with Crippen molar-refractivity contribution in [3.63, 3.8) is 0 Å². The van der Waals surface area contributed by atoms with E-state index in [2.05, 4.69) is 53.4 Å². The average molecular weight is 271 g/mol. The van der Waals surface area contributed by atoms with E-state index in [4.69, 9.17) is 0 Å². The van der Waals surface area contributed by atoms with Crippen molar-refractivity contribution >= 4 is 10.9 Å². The quantitative estimate of drug-likeness (QED) is 0.896. The zero-order chi connectivity index (χ0) is 13.9. The lowest BCUT2D eigenvalue weighted by Crippen LogP contribution is -2.34. The Morgan fingerprint density at radius 1 is 1.30 bits per heavy atom. The smallest absolute Gasteiger partial charge is 0.0459 e. The molecule has 2 heterocycles. The molecule has 0 saturated carbocycles. The highest BCUT2D eigenvalue weighted by Gasteiger charge is 2.16. The highest BCUT2D eigenvalue weighted by atomic mass is 15.1. The molecule has 0 amide bonds. The number of hydrogen-bond donors (Lipinski definition) is 2. The second-order valence-corrected chi connectivity index (χ2v) is 6.21. The van der Waals surface area contributed by atoms with Gasteiger partial charge in [0.25, 0.3) is 0 Å². The van der Waals surface area contributed by atoms with Crippen molar-refractivity contribution < 1.29 is 0 Å². The molecule has 0 radical (unpaired) electrons. The molecule has 2 aromatic rings. The van der Waals surface area contributed by atoms with Crippen LogP contribution < -0.4 is 5.32 Å². The highest BCUT2D eigenvalue weighted by Crippen LogP contribution is 2.20. The van der Waals surface area contributed by atoms with Gasteiger partial charge >= 0.3 is 0 Å². The molecule has 3 heteroatoms. The Labute approximate surface area is 121 Å². The third-order valence-electron chi connectivity index (χ3n) is 4.48. The molecule has 0 aliphatic carbocycles. The normalized spacial score (nSPS) is 17.9. The summed E-state index contributed by atoms with van der Waals surface area (Å²) < 4.78 is 0. The Kier molecular flexibility index (Phi) is 4.08. The summed E-state index contributed by atoms with van der Waals surface area (Å²) in [6.45, 7) is 6.74. The number of likely N-dealkylation sites (tertiary alicyclic amines) is 1. The summed E-state index contributed by atoms with van der Waals surface area (Å²) in [5, 5.41) is 5.02. The molecule has 1 aliphatic heterocycles. The number of aryl methyl sites for hydroxylation is 1. The average Bonchev–Trinajstić information content (AvgIpc) is 2.82. The number of benzene rings is 1. The second kappa shape index (κ2) is 5.98. The maximum atomic E-state index is 3.66. The SMILES string of the molecule is Cc1cc2c(CNCC3CCN(C)CC3)cccc2[nH]1. The zero-order valence-electron chi connectivity index (χ0n) is 12.6. The third kappa shape index (κ3) is 3.05. The van der Waals surface area contributed by atoms with Crippen molar-refractivity contribution in [1.82, 2.24) is 15.2 Å². The lowest BCUT2D eigenvalue weighted by Gasteiger charge is -2.29. The minimum Gasteiger partial charge on any atom is -0.359 e. The number of piperidine rings is 1. The first-order valence-corrected chi connectivity index (χ1v) is 7.69. The summed E-state index contributed by atoms with van der Waals surface area (Å²) in [6.07, 6.45) is 2.66. The molecular formula is C17H25N3. The number of aromatic nitrogens is 1. The number of nitrogens with one attached hydrogen (secondary N) is 2. The third-order valence-corrected chi connectivity index (χ3v) is 4.48. The zero-order valence-corrected chi connectivity index (χ0v) is 12.6. The van der Waals surface area contributed by atoms with Crippen molar-refractivity contribution in [3.8, 4) is 0 Å². The summed E-state index contributed by atoms with van der Waals surface area (Å²) in [4.78, 5) is 5.84. The Morgan fingerprint density at radius 3 is 2.90 bits per heavy atom. The van der Waals surface area contributed by atoms with E-state index in [-0.39, 0.29) is 0 Å². The number of hydrogen-bond acceptors (Lipinski definition) is 2. The predicted octanol–water partition coefficient (Wildman–Crippen LogP) is 2.91. The molecule has 108 valence electrons. The molecule has 2 N–H and O–H groups in total. The Bertz CT molecular complexity index is 565. The molecule has 1 aromatic heterocycles. The van der Waals surface area contributed by atoms with Crippen LogP contribution in [0.15, 0.2) is 24.3 Å². The highest BCUT2D eigenvalue weighted by molar-refractivity contribution is 5.83. The molecule has 3 rings (SSSR count). The van der Waals surface area contributed by atoms with E-state index < -0.39 is 0 Å². The van der Waals surface area contributed by atoms with Crippen molar-refractivity contribution in [2.24, 2.45) is 5.92 Å². The van der Waals surface area contributed by atoms with E-state index in [0.29, 0.717) is 0 Å². The van der Waals surface area contributed by atoms with Gasteiger partial charge in [0.05, 0.1) is 0 Å². The molecule has 0 unspecified atom stereocenters. The van der Waals surface area contributed by atoms with Crippen LogP contribution in [-0.2, 0) is 6.54 Å². The minimum atomic E-state index is 0.846. The van der Waals surface area contributed by atoms with Crippen LogP contribution >= 0.6 is 0 Å². The van der Waals surface area contributed by atoms with Gasteiger partial charge < -0.3 is 15.2 Å². The van der Waals surface area contributed by atoms with Crippen molar-refractivity contribution in [2.45, 2.75) is 26.3 Å². The van der Waals surface area contributed by atoms with Gasteiger partial charge in [0.1, 0.15) is 0 Å². The first-order valence-electron chi connectivity index (χ1n) is 7.69. The van der Waals surface area contributed by atoms with Crippen LogP contribution in [-0.4, -0.2) is 36.6 Å². The van der Waals surface area contributed by atoms with Gasteiger partial charge in [0.15, 0.2) is 0 Å². The summed E-state index contributed by atoms with van der Waals surface area (Å²) in [5.41, 5.74) is 3.89. The van der Waals surface area contributed by atoms with Gasteiger partial charge in [-0.15, -0.1) is 0 Å². The van der Waals surface area contributed by atoms with Crippen LogP contribution in [0.4, 0.5) is 0 Å². The number of aromatic amines is 1. The van der Waals surface area contributed by atoms with E-state index in [1.54, 1.807) is 0 Å². The Morgan fingerprint density at radius 2 is 2.10 bits per heavy atom. The fourth-order valence-corrected chi connectivity index (χ4v) is 3.19. The number of fused-ring (bicyclic) bond motifs is 1. The van der Waals surface area contributed by atoms with Crippen LogP contribution in [0, 0.1) is 12.8 Å². The van der Waals surface area contributed by atoms with E-state index in [9.17, 15) is 0 Å². The van der Waals surface area contributed by atoms with Gasteiger partial charge in [-0.1, -0.05) is 12.1 Å². The van der Waals surface area contributed by atoms with E-state index in [1.807, 2.05) is 0 Å². The fourth-order valence-electron chi connectivity index (χ4n) is 3.19. The van der Waals surface area contributed by atoms with Crippen LogP contribution in [0.3, 0.4) is 0 Å². The molecule has 0 atom stereocenters. The number of nitrogens with zero attached hydrogens (tertiary/aromatic N) is 1. The standard InChI is InChI=1S/C17H25N3/c1-13-10-16-15(4-3-5-17(16)19-13)12-18-11-14-6-8-20(2)9-7-14/h3-5,10,14,18-19H,6-9,11-12H2,1-2H3. The molecular weight excluding hydrogens is 246 g/mol. The van der Waals surface area contributed by atoms with Gasteiger partial charge in [-0.3, -0.25) is 0 Å². The Hall–Kier alpha value is -1.32. The van der Waals surface area contributed by atoms with E-state index >= 15 is 0 Å². The van der Waals surface area contributed by atoms with Crippen molar-refractivity contribution in [3.05, 3.63) is 35.5 Å². The summed E-state index contributed by atoms with van der Waals surface area (Å²) in [5.74, 6) is 0.846.